The predicted octanol–water partition coefficient (Wildman–Crippen LogP) is 7.29. The molecule has 0 saturated heterocycles. The molecule has 4 saturated carbocycles. The van der Waals surface area contributed by atoms with E-state index < -0.39 is 17.5 Å². The fraction of sp³-hybridized carbons (Fsp3) is 0.879. The number of carboxylic acid groups (broad SMARTS) is 1. The molecule has 5 aliphatic carbocycles. The highest BCUT2D eigenvalue weighted by atomic mass is 16.5. The van der Waals surface area contributed by atoms with Crippen molar-refractivity contribution in [3.63, 3.8) is 0 Å². The molecule has 0 aromatic rings. The van der Waals surface area contributed by atoms with Crippen molar-refractivity contribution in [3.05, 3.63) is 11.6 Å². The standard InChI is InChI=1S/C33H52O5/c1-19-10-13-29(4)16-17-31(6)22(26(29)20(19)2)18-23(37-9)27-30(5)14-12-25(38-21(3)34)33(8,28(35)36)24(30)11-15-32(27,31)7/h18-20,23-27H,10-17H2,1-9H3,(H,35,36)/t19-,20+,23?,24-,25-,26+,27-,29-,30+,31-,32-,33-/m1/s1. The zero-order valence-corrected chi connectivity index (χ0v) is 25.4. The van der Waals surface area contributed by atoms with Crippen LogP contribution in [-0.4, -0.2) is 36.4 Å². The van der Waals surface area contributed by atoms with E-state index in [4.69, 9.17) is 9.47 Å². The number of esters is 1. The Balaban J connectivity index is 1.64. The molecular formula is C33H52O5. The molecule has 38 heavy (non-hydrogen) atoms. The van der Waals surface area contributed by atoms with Crippen molar-refractivity contribution in [2.75, 3.05) is 7.11 Å². The van der Waals surface area contributed by atoms with E-state index >= 15 is 0 Å². The number of methoxy groups -OCH3 is 1. The largest absolute Gasteiger partial charge is 0.481 e. The lowest BCUT2D eigenvalue weighted by Crippen LogP contribution is -2.69. The molecule has 214 valence electrons. The van der Waals surface area contributed by atoms with Crippen LogP contribution in [0, 0.1) is 56.7 Å². The van der Waals surface area contributed by atoms with Crippen LogP contribution in [0.25, 0.3) is 0 Å². The summed E-state index contributed by atoms with van der Waals surface area (Å²) in [7, 11) is 1.85. The molecule has 5 aliphatic rings. The number of carbonyl (C=O) groups excluding carboxylic acids is 1. The number of carbonyl (C=O) groups is 2. The lowest BCUT2D eigenvalue weighted by atomic mass is 9.33. The summed E-state index contributed by atoms with van der Waals surface area (Å²) in [6, 6.07) is 0. The van der Waals surface area contributed by atoms with Crippen LogP contribution in [0.4, 0.5) is 0 Å². The molecule has 1 unspecified atom stereocenters. The molecule has 5 nitrogen and oxygen atoms in total. The van der Waals surface area contributed by atoms with Gasteiger partial charge in [-0.15, -0.1) is 0 Å². The first-order chi connectivity index (χ1) is 17.6. The topological polar surface area (TPSA) is 72.8 Å². The van der Waals surface area contributed by atoms with Gasteiger partial charge in [-0.3, -0.25) is 9.59 Å². The molecule has 0 aromatic carbocycles. The van der Waals surface area contributed by atoms with Crippen molar-refractivity contribution >= 4 is 11.9 Å². The SMILES string of the molecule is COC1C=C2[C@@H]3[C@@H](C)[C@H](C)CC[C@]3(C)CC[C@@]2(C)[C@]2(C)CC[C@@H]3[C@](C)(CC[C@@H](OC(C)=O)[C@]3(C)C(=O)O)[C@@H]12. The van der Waals surface area contributed by atoms with Gasteiger partial charge in [-0.25, -0.2) is 0 Å². The van der Waals surface area contributed by atoms with Crippen LogP contribution in [-0.2, 0) is 19.1 Å². The minimum Gasteiger partial charge on any atom is -0.481 e. The van der Waals surface area contributed by atoms with Crippen LogP contribution in [0.1, 0.15) is 107 Å². The highest BCUT2D eigenvalue weighted by Gasteiger charge is 2.72. The Bertz CT molecular complexity index is 1030. The summed E-state index contributed by atoms with van der Waals surface area (Å²) in [5.41, 5.74) is 0.744. The first-order valence-corrected chi connectivity index (χ1v) is 15.3. The van der Waals surface area contributed by atoms with Crippen molar-refractivity contribution in [1.29, 1.82) is 0 Å². The maximum absolute atomic E-state index is 13.0. The van der Waals surface area contributed by atoms with Gasteiger partial charge in [0.25, 0.3) is 0 Å². The summed E-state index contributed by atoms with van der Waals surface area (Å²) < 4.78 is 12.1. The highest BCUT2D eigenvalue weighted by molar-refractivity contribution is 5.77. The summed E-state index contributed by atoms with van der Waals surface area (Å²) >= 11 is 0. The molecule has 5 rings (SSSR count). The van der Waals surface area contributed by atoms with Crippen LogP contribution in [0.3, 0.4) is 0 Å². The maximum Gasteiger partial charge on any atom is 0.313 e. The lowest BCUT2D eigenvalue weighted by molar-refractivity contribution is -0.239. The number of rotatable bonds is 3. The maximum atomic E-state index is 13.0. The number of ether oxygens (including phenoxy) is 2. The third kappa shape index (κ3) is 3.45. The lowest BCUT2D eigenvalue weighted by Gasteiger charge is -2.72. The monoisotopic (exact) mass is 528 g/mol. The molecule has 0 aliphatic heterocycles. The Labute approximate surface area is 230 Å². The van der Waals surface area contributed by atoms with Crippen LogP contribution < -0.4 is 0 Å². The Morgan fingerprint density at radius 2 is 1.63 bits per heavy atom. The van der Waals surface area contributed by atoms with Gasteiger partial charge in [-0.05, 0) is 104 Å². The second-order valence-corrected chi connectivity index (χ2v) is 15.4. The first kappa shape index (κ1) is 28.2. The Morgan fingerprint density at radius 1 is 0.947 bits per heavy atom. The van der Waals surface area contributed by atoms with E-state index in [1.54, 1.807) is 5.57 Å². The summed E-state index contributed by atoms with van der Waals surface area (Å²) in [5.74, 6) is 0.860. The average Bonchev–Trinajstić information content (AvgIpc) is 2.84. The van der Waals surface area contributed by atoms with E-state index in [-0.39, 0.29) is 40.2 Å². The zero-order valence-electron chi connectivity index (χ0n) is 25.4. The van der Waals surface area contributed by atoms with Crippen LogP contribution >= 0.6 is 0 Å². The van der Waals surface area contributed by atoms with Crippen molar-refractivity contribution < 1.29 is 24.2 Å². The number of hydrogen-bond acceptors (Lipinski definition) is 4. The van der Waals surface area contributed by atoms with E-state index in [2.05, 4.69) is 47.6 Å². The van der Waals surface area contributed by atoms with E-state index in [0.717, 1.165) is 25.2 Å². The number of carboxylic acids is 1. The fourth-order valence-electron chi connectivity index (χ4n) is 11.5. The van der Waals surface area contributed by atoms with Crippen molar-refractivity contribution in [2.45, 2.75) is 119 Å². The summed E-state index contributed by atoms with van der Waals surface area (Å²) in [6.45, 7) is 18.1. The normalized spacial score (nSPS) is 53.9. The minimum absolute atomic E-state index is 0.0123. The van der Waals surface area contributed by atoms with Gasteiger partial charge < -0.3 is 14.6 Å². The molecule has 5 heteroatoms. The molecule has 0 heterocycles. The molecule has 0 bridgehead atoms. The van der Waals surface area contributed by atoms with Crippen LogP contribution in [0.5, 0.6) is 0 Å². The summed E-state index contributed by atoms with van der Waals surface area (Å²) in [6.07, 6.45) is 10.3. The predicted molar refractivity (Wildman–Crippen MR) is 148 cm³/mol. The van der Waals surface area contributed by atoms with Gasteiger partial charge in [0, 0.05) is 20.0 Å². The Hall–Kier alpha value is -1.36. The van der Waals surface area contributed by atoms with Crippen molar-refractivity contribution in [2.24, 2.45) is 56.7 Å². The summed E-state index contributed by atoms with van der Waals surface area (Å²) in [4.78, 5) is 25.0. The molecule has 0 aromatic heterocycles. The van der Waals surface area contributed by atoms with E-state index in [0.29, 0.717) is 23.7 Å². The molecule has 0 spiro atoms. The number of allylic oxidation sites excluding steroid dienone is 1. The molecular weight excluding hydrogens is 476 g/mol. The second-order valence-electron chi connectivity index (χ2n) is 15.4. The number of fused-ring (bicyclic) bond motifs is 7. The van der Waals surface area contributed by atoms with E-state index in [1.807, 2.05) is 14.0 Å². The molecule has 4 fully saturated rings. The van der Waals surface area contributed by atoms with Gasteiger partial charge in [-0.2, -0.15) is 0 Å². The number of hydrogen-bond donors (Lipinski definition) is 1. The van der Waals surface area contributed by atoms with E-state index in [9.17, 15) is 14.7 Å². The highest BCUT2D eigenvalue weighted by Crippen LogP contribution is 2.76. The van der Waals surface area contributed by atoms with Crippen molar-refractivity contribution in [1.82, 2.24) is 0 Å². The van der Waals surface area contributed by atoms with Gasteiger partial charge >= 0.3 is 11.9 Å². The minimum atomic E-state index is -1.11. The third-order valence-corrected chi connectivity index (χ3v) is 14.0. The molecule has 12 atom stereocenters. The average molecular weight is 529 g/mol. The summed E-state index contributed by atoms with van der Waals surface area (Å²) in [5, 5.41) is 10.6. The molecule has 1 N–H and O–H groups in total. The fourth-order valence-corrected chi connectivity index (χ4v) is 11.5. The third-order valence-electron chi connectivity index (χ3n) is 14.0. The Morgan fingerprint density at radius 3 is 2.24 bits per heavy atom. The first-order valence-electron chi connectivity index (χ1n) is 15.3. The zero-order chi connectivity index (χ0) is 28.1. The second kappa shape index (κ2) is 8.82. The number of aliphatic carboxylic acids is 1. The van der Waals surface area contributed by atoms with Gasteiger partial charge in [-0.1, -0.05) is 53.2 Å². The Kier molecular flexibility index (Phi) is 6.54. The molecule has 0 radical (unpaired) electrons. The van der Waals surface area contributed by atoms with Crippen LogP contribution in [0.15, 0.2) is 11.6 Å². The van der Waals surface area contributed by atoms with Crippen molar-refractivity contribution in [3.8, 4) is 0 Å². The van der Waals surface area contributed by atoms with Gasteiger partial charge in [0.1, 0.15) is 11.5 Å². The van der Waals surface area contributed by atoms with Gasteiger partial charge in [0.15, 0.2) is 0 Å². The van der Waals surface area contributed by atoms with Crippen LogP contribution in [0.2, 0.25) is 0 Å². The van der Waals surface area contributed by atoms with Gasteiger partial charge in [0.05, 0.1) is 6.10 Å². The van der Waals surface area contributed by atoms with Gasteiger partial charge in [0.2, 0.25) is 0 Å². The van der Waals surface area contributed by atoms with E-state index in [1.165, 1.54) is 32.6 Å². The molecule has 0 amide bonds. The smallest absolute Gasteiger partial charge is 0.313 e. The quantitative estimate of drug-likeness (QED) is 0.308.